The molecule has 1 N–H and O–H groups in total. The van der Waals surface area contributed by atoms with Crippen LogP contribution in [0.1, 0.15) is 55.8 Å². The zero-order valence-electron chi connectivity index (χ0n) is 12.4. The van der Waals surface area contributed by atoms with Gasteiger partial charge < -0.3 is 10.1 Å². The average molecular weight is 342 g/mol. The number of carbonyl (C=O) groups excluding carboxylic acids is 1. The van der Waals surface area contributed by atoms with Gasteiger partial charge in [0, 0.05) is 12.1 Å². The molecular weight excluding hydrogens is 318 g/mol. The van der Waals surface area contributed by atoms with Gasteiger partial charge in [0.05, 0.1) is 11.6 Å². The van der Waals surface area contributed by atoms with Crippen molar-refractivity contribution in [2.45, 2.75) is 45.4 Å². The van der Waals surface area contributed by atoms with Crippen LogP contribution in [0, 0.1) is 0 Å². The summed E-state index contributed by atoms with van der Waals surface area (Å²) >= 11 is 3.39. The Morgan fingerprint density at radius 1 is 1.20 bits per heavy atom. The van der Waals surface area contributed by atoms with Crippen molar-refractivity contribution in [1.82, 2.24) is 5.32 Å². The molecule has 0 spiro atoms. The minimum atomic E-state index is -0.0260. The first kappa shape index (κ1) is 17.0. The molecule has 1 aromatic carbocycles. The van der Waals surface area contributed by atoms with Gasteiger partial charge in [-0.05, 0) is 40.5 Å². The molecular formula is C16H24BrNO2. The lowest BCUT2D eigenvalue weighted by molar-refractivity contribution is 0.0953. The molecule has 1 amide bonds. The zero-order chi connectivity index (χ0) is 14.8. The van der Waals surface area contributed by atoms with E-state index in [1.807, 2.05) is 0 Å². The fourth-order valence-electron chi connectivity index (χ4n) is 2.02. The summed E-state index contributed by atoms with van der Waals surface area (Å²) < 4.78 is 5.94. The number of carbonyl (C=O) groups is 1. The highest BCUT2D eigenvalue weighted by Gasteiger charge is 2.08. The minimum Gasteiger partial charge on any atom is -0.496 e. The summed E-state index contributed by atoms with van der Waals surface area (Å²) in [6, 6.07) is 5.36. The second-order valence-corrected chi connectivity index (χ2v) is 5.73. The molecule has 0 saturated carbocycles. The maximum Gasteiger partial charge on any atom is 0.251 e. The van der Waals surface area contributed by atoms with Crippen molar-refractivity contribution in [3.05, 3.63) is 28.2 Å². The number of amides is 1. The number of nitrogens with one attached hydrogen (secondary N) is 1. The molecule has 0 radical (unpaired) electrons. The Hall–Kier alpha value is -1.03. The van der Waals surface area contributed by atoms with Crippen molar-refractivity contribution in [2.24, 2.45) is 0 Å². The lowest BCUT2D eigenvalue weighted by atomic mass is 10.1. The number of methoxy groups -OCH3 is 1. The van der Waals surface area contributed by atoms with E-state index in [-0.39, 0.29) is 5.91 Å². The monoisotopic (exact) mass is 341 g/mol. The van der Waals surface area contributed by atoms with Gasteiger partial charge in [-0.2, -0.15) is 0 Å². The van der Waals surface area contributed by atoms with Gasteiger partial charge >= 0.3 is 0 Å². The van der Waals surface area contributed by atoms with E-state index in [2.05, 4.69) is 28.2 Å². The molecule has 1 rings (SSSR count). The van der Waals surface area contributed by atoms with E-state index in [1.165, 1.54) is 32.1 Å². The Kier molecular flexibility index (Phi) is 8.35. The molecule has 4 heteroatoms. The van der Waals surface area contributed by atoms with Crippen LogP contribution in [0.5, 0.6) is 5.75 Å². The summed E-state index contributed by atoms with van der Waals surface area (Å²) in [5.41, 5.74) is 0.656. The van der Waals surface area contributed by atoms with Crippen molar-refractivity contribution in [1.29, 1.82) is 0 Å². The number of benzene rings is 1. The maximum atomic E-state index is 12.0. The van der Waals surface area contributed by atoms with Gasteiger partial charge in [-0.3, -0.25) is 4.79 Å². The number of halogens is 1. The van der Waals surface area contributed by atoms with Gasteiger partial charge in [0.2, 0.25) is 0 Å². The van der Waals surface area contributed by atoms with E-state index >= 15 is 0 Å². The standard InChI is InChI=1S/C16H24BrNO2/c1-3-4-5-6-7-8-11-18-16(19)13-9-10-15(20-2)14(17)12-13/h9-10,12H,3-8,11H2,1-2H3,(H,18,19). The van der Waals surface area contributed by atoms with Crippen LogP contribution in [0.4, 0.5) is 0 Å². The van der Waals surface area contributed by atoms with Crippen molar-refractivity contribution >= 4 is 21.8 Å². The van der Waals surface area contributed by atoms with Crippen LogP contribution < -0.4 is 10.1 Å². The molecule has 0 fully saturated rings. The van der Waals surface area contributed by atoms with Crippen molar-refractivity contribution in [2.75, 3.05) is 13.7 Å². The SMILES string of the molecule is CCCCCCCCNC(=O)c1ccc(OC)c(Br)c1. The third-order valence-electron chi connectivity index (χ3n) is 3.23. The highest BCUT2D eigenvalue weighted by atomic mass is 79.9. The molecule has 0 aromatic heterocycles. The van der Waals surface area contributed by atoms with Gasteiger partial charge in [-0.15, -0.1) is 0 Å². The number of ether oxygens (including phenoxy) is 1. The van der Waals surface area contributed by atoms with Gasteiger partial charge in [0.15, 0.2) is 0 Å². The van der Waals surface area contributed by atoms with E-state index < -0.39 is 0 Å². The first-order chi connectivity index (χ1) is 9.69. The van der Waals surface area contributed by atoms with Gasteiger partial charge in [-0.1, -0.05) is 39.0 Å². The number of unbranched alkanes of at least 4 members (excludes halogenated alkanes) is 5. The predicted octanol–water partition coefficient (Wildman–Crippen LogP) is 4.55. The molecule has 0 atom stereocenters. The fraction of sp³-hybridized carbons (Fsp3) is 0.562. The first-order valence-electron chi connectivity index (χ1n) is 7.30. The number of rotatable bonds is 9. The molecule has 20 heavy (non-hydrogen) atoms. The molecule has 0 aliphatic carbocycles. The van der Waals surface area contributed by atoms with Crippen LogP contribution in [-0.2, 0) is 0 Å². The lowest BCUT2D eigenvalue weighted by Crippen LogP contribution is -2.24. The van der Waals surface area contributed by atoms with E-state index in [0.29, 0.717) is 5.56 Å². The largest absolute Gasteiger partial charge is 0.496 e. The Balaban J connectivity index is 2.27. The topological polar surface area (TPSA) is 38.3 Å². The molecule has 1 aromatic rings. The van der Waals surface area contributed by atoms with Crippen molar-refractivity contribution in [3.63, 3.8) is 0 Å². The van der Waals surface area contributed by atoms with Crippen LogP contribution in [0.25, 0.3) is 0 Å². The Morgan fingerprint density at radius 2 is 1.90 bits per heavy atom. The van der Waals surface area contributed by atoms with E-state index in [4.69, 9.17) is 4.74 Å². The Morgan fingerprint density at radius 3 is 2.55 bits per heavy atom. The van der Waals surface area contributed by atoms with E-state index in [1.54, 1.807) is 25.3 Å². The Bertz CT molecular complexity index is 421. The third kappa shape index (κ3) is 5.95. The quantitative estimate of drug-likeness (QED) is 0.669. The molecule has 3 nitrogen and oxygen atoms in total. The van der Waals surface area contributed by atoms with Crippen LogP contribution in [-0.4, -0.2) is 19.6 Å². The summed E-state index contributed by atoms with van der Waals surface area (Å²) in [7, 11) is 1.61. The molecule has 0 heterocycles. The first-order valence-corrected chi connectivity index (χ1v) is 8.10. The molecule has 0 saturated heterocycles. The summed E-state index contributed by atoms with van der Waals surface area (Å²) in [6.45, 7) is 2.96. The lowest BCUT2D eigenvalue weighted by Gasteiger charge is -2.07. The highest BCUT2D eigenvalue weighted by Crippen LogP contribution is 2.25. The van der Waals surface area contributed by atoms with Crippen LogP contribution >= 0.6 is 15.9 Å². The van der Waals surface area contributed by atoms with Crippen LogP contribution in [0.3, 0.4) is 0 Å². The number of hydrogen-bond acceptors (Lipinski definition) is 2. The molecule has 0 aliphatic heterocycles. The predicted molar refractivity (Wildman–Crippen MR) is 86.4 cm³/mol. The summed E-state index contributed by atoms with van der Waals surface area (Å²) in [5, 5.41) is 2.95. The van der Waals surface area contributed by atoms with Crippen LogP contribution in [0.2, 0.25) is 0 Å². The van der Waals surface area contributed by atoms with Crippen molar-refractivity contribution in [3.8, 4) is 5.75 Å². The zero-order valence-corrected chi connectivity index (χ0v) is 14.0. The van der Waals surface area contributed by atoms with Crippen molar-refractivity contribution < 1.29 is 9.53 Å². The number of hydrogen-bond donors (Lipinski definition) is 1. The van der Waals surface area contributed by atoms with Gasteiger partial charge in [0.1, 0.15) is 5.75 Å². The molecule has 0 bridgehead atoms. The van der Waals surface area contributed by atoms with E-state index in [0.717, 1.165) is 23.2 Å². The summed E-state index contributed by atoms with van der Waals surface area (Å²) in [5.74, 6) is 0.708. The molecule has 0 unspecified atom stereocenters. The average Bonchev–Trinajstić information content (AvgIpc) is 2.46. The maximum absolute atomic E-state index is 12.0. The Labute approximate surface area is 130 Å². The van der Waals surface area contributed by atoms with E-state index in [9.17, 15) is 4.79 Å². The van der Waals surface area contributed by atoms with Gasteiger partial charge in [0.25, 0.3) is 5.91 Å². The van der Waals surface area contributed by atoms with Gasteiger partial charge in [-0.25, -0.2) is 0 Å². The smallest absolute Gasteiger partial charge is 0.251 e. The molecule has 0 aliphatic rings. The minimum absolute atomic E-state index is 0.0260. The second-order valence-electron chi connectivity index (χ2n) is 4.87. The second kappa shape index (κ2) is 9.81. The summed E-state index contributed by atoms with van der Waals surface area (Å²) in [6.07, 6.45) is 7.38. The third-order valence-corrected chi connectivity index (χ3v) is 3.85. The van der Waals surface area contributed by atoms with Crippen LogP contribution in [0.15, 0.2) is 22.7 Å². The highest BCUT2D eigenvalue weighted by molar-refractivity contribution is 9.10. The normalized spacial score (nSPS) is 10.3. The molecule has 112 valence electrons. The fourth-order valence-corrected chi connectivity index (χ4v) is 2.56. The summed E-state index contributed by atoms with van der Waals surface area (Å²) in [4.78, 5) is 12.0.